The molecule has 1 aliphatic heterocycles. The van der Waals surface area contributed by atoms with E-state index in [1.807, 2.05) is 67.7 Å². The molecule has 2 heterocycles. The van der Waals surface area contributed by atoms with Gasteiger partial charge in [-0.05, 0) is 43.3 Å². The fourth-order valence-electron chi connectivity index (χ4n) is 3.37. The second-order valence-electron chi connectivity index (χ2n) is 7.12. The van der Waals surface area contributed by atoms with E-state index in [-0.39, 0.29) is 5.91 Å². The molecule has 4 rings (SSSR count). The maximum absolute atomic E-state index is 13.0. The largest absolute Gasteiger partial charge is 0.492 e. The van der Waals surface area contributed by atoms with Crippen LogP contribution in [0.1, 0.15) is 12.5 Å². The van der Waals surface area contributed by atoms with Gasteiger partial charge in [0.15, 0.2) is 0 Å². The van der Waals surface area contributed by atoms with Crippen molar-refractivity contribution in [3.05, 3.63) is 70.2 Å². The molecular weight excluding hydrogens is 478 g/mol. The number of aromatic nitrogens is 2. The summed E-state index contributed by atoms with van der Waals surface area (Å²) in [6.45, 7) is 3.27. The van der Waals surface area contributed by atoms with Crippen LogP contribution >= 0.6 is 35.6 Å². The number of halogens is 1. The molecule has 33 heavy (non-hydrogen) atoms. The lowest BCUT2D eigenvalue weighted by atomic mass is 10.1. The van der Waals surface area contributed by atoms with E-state index in [0.717, 1.165) is 16.8 Å². The van der Waals surface area contributed by atoms with Crippen molar-refractivity contribution in [1.82, 2.24) is 14.7 Å². The van der Waals surface area contributed by atoms with Crippen molar-refractivity contribution < 1.29 is 14.3 Å². The van der Waals surface area contributed by atoms with Gasteiger partial charge >= 0.3 is 0 Å². The van der Waals surface area contributed by atoms with Crippen molar-refractivity contribution in [2.75, 3.05) is 26.9 Å². The number of para-hydroxylation sites is 1. The zero-order chi connectivity index (χ0) is 23.4. The van der Waals surface area contributed by atoms with Crippen molar-refractivity contribution in [2.24, 2.45) is 0 Å². The first kappa shape index (κ1) is 23.5. The van der Waals surface area contributed by atoms with Crippen LogP contribution in [0.4, 0.5) is 0 Å². The van der Waals surface area contributed by atoms with E-state index >= 15 is 0 Å². The summed E-state index contributed by atoms with van der Waals surface area (Å²) in [5.74, 6) is 0.483. The Morgan fingerprint density at radius 3 is 2.70 bits per heavy atom. The van der Waals surface area contributed by atoms with Crippen LogP contribution in [0.25, 0.3) is 23.0 Å². The SMILES string of the molecule is CCOc1ccc(-c2nn(-c3ccccc3)cc2C=C2SC(=S)N(CCOC)C2=O)cc1Cl. The minimum absolute atomic E-state index is 0.134. The van der Waals surface area contributed by atoms with E-state index in [4.69, 9.17) is 38.4 Å². The lowest BCUT2D eigenvalue weighted by molar-refractivity contribution is -0.122. The quantitative estimate of drug-likeness (QED) is 0.304. The average molecular weight is 500 g/mol. The van der Waals surface area contributed by atoms with Crippen LogP contribution in [0.3, 0.4) is 0 Å². The molecule has 1 aliphatic rings. The molecule has 9 heteroatoms. The van der Waals surface area contributed by atoms with Gasteiger partial charge in [-0.1, -0.05) is 53.8 Å². The normalized spacial score (nSPS) is 15.0. The Balaban J connectivity index is 1.77. The Hall–Kier alpha value is -2.65. The number of ether oxygens (including phenoxy) is 2. The third kappa shape index (κ3) is 5.14. The number of amides is 1. The third-order valence-corrected chi connectivity index (χ3v) is 6.62. The highest BCUT2D eigenvalue weighted by Crippen LogP contribution is 2.36. The number of nitrogens with zero attached hydrogens (tertiary/aromatic N) is 3. The summed E-state index contributed by atoms with van der Waals surface area (Å²) in [5.41, 5.74) is 3.21. The first-order valence-corrected chi connectivity index (χ1v) is 11.9. The minimum atomic E-state index is -0.134. The molecule has 1 aromatic heterocycles. The molecular formula is C24H22ClN3O3S2. The summed E-state index contributed by atoms with van der Waals surface area (Å²) in [6, 6.07) is 15.4. The molecule has 0 radical (unpaired) electrons. The minimum Gasteiger partial charge on any atom is -0.492 e. The number of thioether (sulfide) groups is 1. The Labute approximate surface area is 207 Å². The molecule has 0 unspecified atom stereocenters. The number of hydrogen-bond donors (Lipinski definition) is 0. The number of thiocarbonyl (C=S) groups is 1. The molecule has 3 aromatic rings. The third-order valence-electron chi connectivity index (χ3n) is 4.95. The standard InChI is InChI=1S/C24H22ClN3O3S2/c1-3-31-20-10-9-16(13-19(20)25)22-17(15-28(26-22)18-7-5-4-6-8-18)14-21-23(29)27(11-12-30-2)24(32)33-21/h4-10,13-15H,3,11-12H2,1-2H3. The fourth-order valence-corrected chi connectivity index (χ4v) is 4.90. The summed E-state index contributed by atoms with van der Waals surface area (Å²) >= 11 is 13.1. The first-order chi connectivity index (χ1) is 16.0. The molecule has 2 aromatic carbocycles. The maximum atomic E-state index is 13.0. The Morgan fingerprint density at radius 1 is 1.21 bits per heavy atom. The highest BCUT2D eigenvalue weighted by molar-refractivity contribution is 8.26. The summed E-state index contributed by atoms with van der Waals surface area (Å²) in [6.07, 6.45) is 3.73. The van der Waals surface area contributed by atoms with E-state index in [0.29, 0.717) is 45.5 Å². The van der Waals surface area contributed by atoms with Crippen molar-refractivity contribution in [3.8, 4) is 22.7 Å². The number of carbonyl (C=O) groups excluding carboxylic acids is 1. The molecule has 0 aliphatic carbocycles. The highest BCUT2D eigenvalue weighted by atomic mass is 35.5. The van der Waals surface area contributed by atoms with Gasteiger partial charge in [-0.25, -0.2) is 4.68 Å². The van der Waals surface area contributed by atoms with Crippen LogP contribution in [-0.4, -0.2) is 51.8 Å². The van der Waals surface area contributed by atoms with Crippen molar-refractivity contribution in [3.63, 3.8) is 0 Å². The van der Waals surface area contributed by atoms with Gasteiger partial charge in [-0.2, -0.15) is 5.10 Å². The molecule has 0 spiro atoms. The second-order valence-corrected chi connectivity index (χ2v) is 9.20. The average Bonchev–Trinajstić information content (AvgIpc) is 3.35. The van der Waals surface area contributed by atoms with Crippen LogP contribution < -0.4 is 4.74 Å². The van der Waals surface area contributed by atoms with Crippen LogP contribution in [0.2, 0.25) is 5.02 Å². The van der Waals surface area contributed by atoms with Gasteiger partial charge < -0.3 is 9.47 Å². The lowest BCUT2D eigenvalue weighted by Gasteiger charge is -2.12. The van der Waals surface area contributed by atoms with Crippen molar-refractivity contribution in [1.29, 1.82) is 0 Å². The first-order valence-electron chi connectivity index (χ1n) is 10.3. The lowest BCUT2D eigenvalue weighted by Crippen LogP contribution is -2.31. The topological polar surface area (TPSA) is 56.6 Å². The van der Waals surface area contributed by atoms with Crippen molar-refractivity contribution >= 4 is 51.9 Å². The van der Waals surface area contributed by atoms with Gasteiger partial charge in [0.05, 0.1) is 35.4 Å². The number of benzene rings is 2. The van der Waals surface area contributed by atoms with Crippen LogP contribution in [0, 0.1) is 0 Å². The molecule has 1 saturated heterocycles. The number of rotatable bonds is 8. The van der Waals surface area contributed by atoms with Gasteiger partial charge in [-0.15, -0.1) is 0 Å². The monoisotopic (exact) mass is 499 g/mol. The molecule has 170 valence electrons. The molecule has 0 N–H and O–H groups in total. The molecule has 1 amide bonds. The smallest absolute Gasteiger partial charge is 0.266 e. The fraction of sp³-hybridized carbons (Fsp3) is 0.208. The van der Waals surface area contributed by atoms with E-state index < -0.39 is 0 Å². The zero-order valence-corrected chi connectivity index (χ0v) is 20.5. The van der Waals surface area contributed by atoms with Gasteiger partial charge in [0.1, 0.15) is 15.8 Å². The highest BCUT2D eigenvalue weighted by Gasteiger charge is 2.32. The van der Waals surface area contributed by atoms with Gasteiger partial charge in [-0.3, -0.25) is 9.69 Å². The predicted molar refractivity (Wildman–Crippen MR) is 137 cm³/mol. The summed E-state index contributed by atoms with van der Waals surface area (Å²) < 4.78 is 13.0. The van der Waals surface area contributed by atoms with Gasteiger partial charge in [0.2, 0.25) is 0 Å². The van der Waals surface area contributed by atoms with E-state index in [2.05, 4.69) is 0 Å². The van der Waals surface area contributed by atoms with Gasteiger partial charge in [0, 0.05) is 24.4 Å². The maximum Gasteiger partial charge on any atom is 0.266 e. The molecule has 6 nitrogen and oxygen atoms in total. The van der Waals surface area contributed by atoms with E-state index in [1.165, 1.54) is 11.8 Å². The van der Waals surface area contributed by atoms with E-state index in [9.17, 15) is 4.79 Å². The van der Waals surface area contributed by atoms with Gasteiger partial charge in [0.25, 0.3) is 5.91 Å². The van der Waals surface area contributed by atoms with E-state index in [1.54, 1.807) is 16.7 Å². The predicted octanol–water partition coefficient (Wildman–Crippen LogP) is 5.44. The van der Waals surface area contributed by atoms with Crippen LogP contribution in [0.15, 0.2) is 59.6 Å². The molecule has 0 saturated carbocycles. The zero-order valence-electron chi connectivity index (χ0n) is 18.2. The number of methoxy groups -OCH3 is 1. The Bertz CT molecular complexity index is 1210. The molecule has 0 atom stereocenters. The van der Waals surface area contributed by atoms with Crippen LogP contribution in [0.5, 0.6) is 5.75 Å². The summed E-state index contributed by atoms with van der Waals surface area (Å²) in [5, 5.41) is 5.31. The second kappa shape index (κ2) is 10.5. The number of hydrogen-bond acceptors (Lipinski definition) is 6. The Morgan fingerprint density at radius 2 is 2.00 bits per heavy atom. The summed E-state index contributed by atoms with van der Waals surface area (Å²) in [7, 11) is 1.60. The van der Waals surface area contributed by atoms with Crippen LogP contribution in [-0.2, 0) is 9.53 Å². The Kier molecular flexibility index (Phi) is 7.49. The number of carbonyl (C=O) groups is 1. The summed E-state index contributed by atoms with van der Waals surface area (Å²) in [4.78, 5) is 15.1. The molecule has 1 fully saturated rings. The van der Waals surface area contributed by atoms with Crippen molar-refractivity contribution in [2.45, 2.75) is 6.92 Å². The molecule has 0 bridgehead atoms.